The van der Waals surface area contributed by atoms with E-state index in [0.29, 0.717) is 25.1 Å². The minimum absolute atomic E-state index is 0.237. The van der Waals surface area contributed by atoms with E-state index in [1.54, 1.807) is 0 Å². The summed E-state index contributed by atoms with van der Waals surface area (Å²) in [5.41, 5.74) is 0. The van der Waals surface area contributed by atoms with E-state index >= 15 is 0 Å². The molecule has 0 aromatic rings. The summed E-state index contributed by atoms with van der Waals surface area (Å²) in [6.07, 6.45) is 4.27. The van der Waals surface area contributed by atoms with Gasteiger partial charge in [-0.05, 0) is 45.8 Å². The van der Waals surface area contributed by atoms with Crippen LogP contribution in [-0.4, -0.2) is 44.9 Å². The molecule has 0 N–H and O–H groups in total. The summed E-state index contributed by atoms with van der Waals surface area (Å²) in [6.45, 7) is 7.81. The molecule has 0 rings (SSSR count). The van der Waals surface area contributed by atoms with Gasteiger partial charge in [0, 0.05) is 36.4 Å². The zero-order valence-corrected chi connectivity index (χ0v) is 17.3. The summed E-state index contributed by atoms with van der Waals surface area (Å²) < 4.78 is 17.6. The Balaban J connectivity index is 4.36. The van der Waals surface area contributed by atoms with Crippen molar-refractivity contribution in [3.8, 4) is 0 Å². The Hall–Kier alpha value is 1.15. The molecular formula is C14H32O3S3Si. The molecule has 0 saturated heterocycles. The zero-order chi connectivity index (χ0) is 16.1. The minimum Gasteiger partial charge on any atom is -0.374 e. The van der Waals surface area contributed by atoms with Crippen molar-refractivity contribution in [3.05, 3.63) is 0 Å². The molecule has 7 heteroatoms. The average Bonchev–Trinajstić information content (AvgIpc) is 2.46. The predicted octanol–water partition coefficient (Wildman–Crippen LogP) is 4.12. The maximum Gasteiger partial charge on any atom is 0.500 e. The van der Waals surface area contributed by atoms with Crippen molar-refractivity contribution in [1.29, 1.82) is 0 Å². The van der Waals surface area contributed by atoms with Crippen LogP contribution in [0.3, 0.4) is 0 Å². The average molecular weight is 373 g/mol. The zero-order valence-electron chi connectivity index (χ0n) is 13.6. The lowest BCUT2D eigenvalue weighted by molar-refractivity contribution is 0.0708. The van der Waals surface area contributed by atoms with Gasteiger partial charge in [0.25, 0.3) is 0 Å². The third-order valence-corrected chi connectivity index (χ3v) is 8.07. The SMILES string of the molecule is CCO[Si](CCC(S)C(S)CCCCS)(OCC)OCC. The fourth-order valence-electron chi connectivity index (χ4n) is 2.18. The highest BCUT2D eigenvalue weighted by molar-refractivity contribution is 7.85. The quantitative estimate of drug-likeness (QED) is 0.243. The maximum atomic E-state index is 5.86. The first-order chi connectivity index (χ1) is 10.0. The fraction of sp³-hybridized carbons (Fsp3) is 1.00. The van der Waals surface area contributed by atoms with Gasteiger partial charge in [0.2, 0.25) is 0 Å². The van der Waals surface area contributed by atoms with Crippen molar-refractivity contribution in [2.24, 2.45) is 0 Å². The van der Waals surface area contributed by atoms with Gasteiger partial charge in [0.15, 0.2) is 0 Å². The van der Waals surface area contributed by atoms with E-state index < -0.39 is 8.80 Å². The molecule has 0 fully saturated rings. The number of thiol groups is 3. The van der Waals surface area contributed by atoms with Crippen molar-refractivity contribution in [2.75, 3.05) is 25.6 Å². The first-order valence-electron chi connectivity index (χ1n) is 7.94. The topological polar surface area (TPSA) is 27.7 Å². The molecule has 0 heterocycles. The second-order valence-corrected chi connectivity index (χ2v) is 9.38. The highest BCUT2D eigenvalue weighted by atomic mass is 32.1. The summed E-state index contributed by atoms with van der Waals surface area (Å²) in [4.78, 5) is 0. The van der Waals surface area contributed by atoms with E-state index in [2.05, 4.69) is 25.3 Å². The van der Waals surface area contributed by atoms with Crippen molar-refractivity contribution < 1.29 is 13.3 Å². The van der Waals surface area contributed by atoms with Crippen LogP contribution in [0, 0.1) is 0 Å². The first kappa shape index (κ1) is 22.1. The van der Waals surface area contributed by atoms with Crippen LogP contribution in [-0.2, 0) is 13.3 Å². The van der Waals surface area contributed by atoms with E-state index in [-0.39, 0.29) is 5.25 Å². The van der Waals surface area contributed by atoms with Crippen molar-refractivity contribution >= 4 is 46.7 Å². The Morgan fingerprint density at radius 3 is 1.71 bits per heavy atom. The molecule has 2 unspecified atom stereocenters. The van der Waals surface area contributed by atoms with E-state index in [9.17, 15) is 0 Å². The minimum atomic E-state index is -2.54. The standard InChI is InChI=1S/C14H32O3S3Si/c1-4-15-21(16-5-2,17-6-3)12-10-14(20)13(19)9-7-8-11-18/h13-14,18-20H,4-12H2,1-3H3. The Labute approximate surface area is 148 Å². The normalized spacial score (nSPS) is 15.1. The van der Waals surface area contributed by atoms with Crippen LogP contribution in [0.1, 0.15) is 46.5 Å². The van der Waals surface area contributed by atoms with E-state index in [0.717, 1.165) is 37.5 Å². The highest BCUT2D eigenvalue weighted by Gasteiger charge is 2.40. The van der Waals surface area contributed by atoms with E-state index in [1.807, 2.05) is 20.8 Å². The summed E-state index contributed by atoms with van der Waals surface area (Å²) in [7, 11) is -2.54. The molecule has 2 atom stereocenters. The summed E-state index contributed by atoms with van der Waals surface area (Å²) in [5.74, 6) is 0.937. The van der Waals surface area contributed by atoms with Gasteiger partial charge in [-0.2, -0.15) is 37.9 Å². The van der Waals surface area contributed by atoms with Crippen molar-refractivity contribution in [3.63, 3.8) is 0 Å². The third kappa shape index (κ3) is 9.79. The van der Waals surface area contributed by atoms with Gasteiger partial charge < -0.3 is 13.3 Å². The Bertz CT molecular complexity index is 230. The lowest BCUT2D eigenvalue weighted by Gasteiger charge is -2.30. The van der Waals surface area contributed by atoms with Gasteiger partial charge in [0.1, 0.15) is 0 Å². The Kier molecular flexibility index (Phi) is 14.3. The monoisotopic (exact) mass is 372 g/mol. The van der Waals surface area contributed by atoms with Crippen LogP contribution in [0.25, 0.3) is 0 Å². The Morgan fingerprint density at radius 2 is 1.29 bits per heavy atom. The van der Waals surface area contributed by atoms with Gasteiger partial charge in [-0.15, -0.1) is 0 Å². The molecule has 0 aromatic heterocycles. The van der Waals surface area contributed by atoms with Gasteiger partial charge in [0.05, 0.1) is 0 Å². The first-order valence-corrected chi connectivity index (χ1v) is 11.5. The van der Waals surface area contributed by atoms with Crippen molar-refractivity contribution in [1.82, 2.24) is 0 Å². The molecular weight excluding hydrogens is 340 g/mol. The molecule has 21 heavy (non-hydrogen) atoms. The van der Waals surface area contributed by atoms with Gasteiger partial charge >= 0.3 is 8.80 Å². The predicted molar refractivity (Wildman–Crippen MR) is 103 cm³/mol. The molecule has 0 aliphatic rings. The number of hydrogen-bond donors (Lipinski definition) is 3. The number of unbranched alkanes of at least 4 members (excludes halogenated alkanes) is 1. The van der Waals surface area contributed by atoms with Crippen LogP contribution >= 0.6 is 37.9 Å². The second kappa shape index (κ2) is 13.6. The molecule has 3 nitrogen and oxygen atoms in total. The molecule has 128 valence electrons. The third-order valence-electron chi connectivity index (χ3n) is 3.19. The van der Waals surface area contributed by atoms with E-state index in [4.69, 9.17) is 25.9 Å². The lowest BCUT2D eigenvalue weighted by atomic mass is 10.1. The van der Waals surface area contributed by atoms with Crippen LogP contribution in [0.5, 0.6) is 0 Å². The molecule has 0 aromatic carbocycles. The second-order valence-electron chi connectivity index (χ2n) is 4.87. The van der Waals surface area contributed by atoms with Gasteiger partial charge in [-0.25, -0.2) is 0 Å². The molecule has 0 aliphatic carbocycles. The smallest absolute Gasteiger partial charge is 0.374 e. The summed E-state index contributed by atoms with van der Waals surface area (Å²) in [5, 5.41) is 0.534. The van der Waals surface area contributed by atoms with Crippen molar-refractivity contribution in [2.45, 2.75) is 63.0 Å². The van der Waals surface area contributed by atoms with Crippen LogP contribution in [0.2, 0.25) is 6.04 Å². The fourth-order valence-corrected chi connectivity index (χ4v) is 5.92. The van der Waals surface area contributed by atoms with Crippen LogP contribution in [0.15, 0.2) is 0 Å². The summed E-state index contributed by atoms with van der Waals surface area (Å²) in [6, 6.07) is 0.806. The maximum absolute atomic E-state index is 5.86. The Morgan fingerprint density at radius 1 is 0.810 bits per heavy atom. The molecule has 0 saturated carbocycles. The molecule has 0 aliphatic heterocycles. The molecule has 0 bridgehead atoms. The largest absolute Gasteiger partial charge is 0.500 e. The van der Waals surface area contributed by atoms with Crippen LogP contribution < -0.4 is 0 Å². The van der Waals surface area contributed by atoms with E-state index in [1.165, 1.54) is 0 Å². The lowest BCUT2D eigenvalue weighted by Crippen LogP contribution is -2.46. The van der Waals surface area contributed by atoms with Crippen LogP contribution in [0.4, 0.5) is 0 Å². The molecule has 0 spiro atoms. The number of rotatable bonds is 14. The number of hydrogen-bond acceptors (Lipinski definition) is 6. The summed E-state index contributed by atoms with van der Waals surface area (Å²) >= 11 is 13.6. The van der Waals surface area contributed by atoms with Gasteiger partial charge in [-0.3, -0.25) is 0 Å². The van der Waals surface area contributed by atoms with Gasteiger partial charge in [-0.1, -0.05) is 6.42 Å². The molecule has 0 radical (unpaired) electrons. The molecule has 0 amide bonds. The highest BCUT2D eigenvalue weighted by Crippen LogP contribution is 2.25.